The lowest BCUT2D eigenvalue weighted by atomic mass is 9.82. The minimum Gasteiger partial charge on any atom is -0.423 e. The number of oxazole rings is 1. The van der Waals surface area contributed by atoms with Crippen molar-refractivity contribution in [2.75, 3.05) is 4.90 Å². The molecule has 0 radical (unpaired) electrons. The number of hydrogen-bond acceptors (Lipinski definition) is 3. The van der Waals surface area contributed by atoms with Gasteiger partial charge in [-0.2, -0.15) is 4.98 Å². The summed E-state index contributed by atoms with van der Waals surface area (Å²) in [4.78, 5) is 7.28. The van der Waals surface area contributed by atoms with E-state index in [9.17, 15) is 0 Å². The zero-order valence-corrected chi connectivity index (χ0v) is 23.0. The van der Waals surface area contributed by atoms with Gasteiger partial charge in [0.15, 0.2) is 5.58 Å². The number of anilines is 3. The minimum absolute atomic E-state index is 0.114. The van der Waals surface area contributed by atoms with Gasteiger partial charge < -0.3 is 4.42 Å². The molecule has 0 aliphatic heterocycles. The smallest absolute Gasteiger partial charge is 0.307 e. The van der Waals surface area contributed by atoms with Gasteiger partial charge in [0.25, 0.3) is 0 Å². The summed E-state index contributed by atoms with van der Waals surface area (Å²) in [5, 5.41) is 2.23. The number of fused-ring (bicyclic) bond motifs is 6. The van der Waals surface area contributed by atoms with E-state index in [2.05, 4.69) is 140 Å². The number of hydrogen-bond donors (Lipinski definition) is 0. The summed E-state index contributed by atoms with van der Waals surface area (Å²) in [6.45, 7) is 4.63. The molecule has 1 aliphatic rings. The Kier molecular flexibility index (Phi) is 5.17. The van der Waals surface area contributed by atoms with Crippen molar-refractivity contribution in [1.29, 1.82) is 0 Å². The molecule has 7 aromatic rings. The van der Waals surface area contributed by atoms with E-state index in [0.717, 1.165) is 38.8 Å². The largest absolute Gasteiger partial charge is 0.423 e. The van der Waals surface area contributed by atoms with Crippen molar-refractivity contribution in [1.82, 2.24) is 4.98 Å². The average Bonchev–Trinajstić information content (AvgIpc) is 3.55. The van der Waals surface area contributed by atoms with Crippen molar-refractivity contribution >= 4 is 39.3 Å². The number of aromatic nitrogens is 1. The minimum atomic E-state index is -0.114. The zero-order chi connectivity index (χ0) is 27.6. The van der Waals surface area contributed by atoms with Crippen molar-refractivity contribution in [2.45, 2.75) is 19.3 Å². The molecule has 0 unspecified atom stereocenters. The summed E-state index contributed by atoms with van der Waals surface area (Å²) >= 11 is 0. The van der Waals surface area contributed by atoms with Crippen LogP contribution in [0.1, 0.15) is 25.0 Å². The van der Waals surface area contributed by atoms with E-state index in [-0.39, 0.29) is 5.41 Å². The lowest BCUT2D eigenvalue weighted by Gasteiger charge is -2.25. The Balaban J connectivity index is 1.35. The Bertz CT molecular complexity index is 2090. The molecule has 6 aromatic carbocycles. The van der Waals surface area contributed by atoms with E-state index < -0.39 is 0 Å². The van der Waals surface area contributed by atoms with Gasteiger partial charge in [0.05, 0.1) is 11.4 Å². The molecule has 41 heavy (non-hydrogen) atoms. The van der Waals surface area contributed by atoms with Crippen molar-refractivity contribution in [3.05, 3.63) is 145 Å². The lowest BCUT2D eigenvalue weighted by molar-refractivity contribution is 0.608. The molecule has 3 heteroatoms. The molecular formula is C38H28N2O. The molecule has 0 saturated carbocycles. The van der Waals surface area contributed by atoms with E-state index in [1.54, 1.807) is 0 Å². The van der Waals surface area contributed by atoms with Crippen molar-refractivity contribution in [3.8, 4) is 22.3 Å². The second kappa shape index (κ2) is 8.94. The molecule has 0 N–H and O–H groups in total. The van der Waals surface area contributed by atoms with E-state index in [1.165, 1.54) is 27.8 Å². The van der Waals surface area contributed by atoms with Crippen LogP contribution >= 0.6 is 0 Å². The SMILES string of the molecule is CC1(C)c2ccccc2-c2ccc(N(c3cccc(-c4ccccc4)c3)c3nc4c(ccc5ccccc54)o3)cc21. The van der Waals surface area contributed by atoms with Crippen molar-refractivity contribution < 1.29 is 4.42 Å². The molecule has 0 amide bonds. The zero-order valence-electron chi connectivity index (χ0n) is 23.0. The van der Waals surface area contributed by atoms with Crippen molar-refractivity contribution in [3.63, 3.8) is 0 Å². The van der Waals surface area contributed by atoms with Gasteiger partial charge >= 0.3 is 6.01 Å². The summed E-state index contributed by atoms with van der Waals surface area (Å²) in [5.74, 6) is 0. The molecule has 3 nitrogen and oxygen atoms in total. The molecule has 0 bridgehead atoms. The third-order valence-electron chi connectivity index (χ3n) is 8.50. The first kappa shape index (κ1) is 23.7. The first-order valence-corrected chi connectivity index (χ1v) is 14.1. The summed E-state index contributed by atoms with van der Waals surface area (Å²) in [5.41, 5.74) is 11.1. The molecule has 0 fully saturated rings. The van der Waals surface area contributed by atoms with Gasteiger partial charge in [0.2, 0.25) is 0 Å². The van der Waals surface area contributed by atoms with Crippen LogP contribution in [0.4, 0.5) is 17.4 Å². The highest BCUT2D eigenvalue weighted by Gasteiger charge is 2.36. The summed E-state index contributed by atoms with van der Waals surface area (Å²) in [6.07, 6.45) is 0. The fraction of sp³-hybridized carbons (Fsp3) is 0.0789. The van der Waals surface area contributed by atoms with Gasteiger partial charge in [0.1, 0.15) is 5.52 Å². The predicted molar refractivity (Wildman–Crippen MR) is 169 cm³/mol. The third-order valence-corrected chi connectivity index (χ3v) is 8.50. The fourth-order valence-electron chi connectivity index (χ4n) is 6.40. The second-order valence-electron chi connectivity index (χ2n) is 11.3. The average molecular weight is 529 g/mol. The van der Waals surface area contributed by atoms with Crippen LogP contribution in [0.3, 0.4) is 0 Å². The van der Waals surface area contributed by atoms with E-state index >= 15 is 0 Å². The highest BCUT2D eigenvalue weighted by atomic mass is 16.4. The lowest BCUT2D eigenvalue weighted by Crippen LogP contribution is -2.16. The summed E-state index contributed by atoms with van der Waals surface area (Å²) < 4.78 is 6.54. The Hall–Kier alpha value is -5.15. The fourth-order valence-corrected chi connectivity index (χ4v) is 6.40. The predicted octanol–water partition coefficient (Wildman–Crippen LogP) is 10.4. The van der Waals surface area contributed by atoms with Crippen LogP contribution in [0, 0.1) is 0 Å². The quantitative estimate of drug-likeness (QED) is 0.228. The highest BCUT2D eigenvalue weighted by Crippen LogP contribution is 2.50. The van der Waals surface area contributed by atoms with Gasteiger partial charge in [0, 0.05) is 10.8 Å². The maximum absolute atomic E-state index is 6.54. The maximum Gasteiger partial charge on any atom is 0.307 e. The second-order valence-corrected chi connectivity index (χ2v) is 11.3. The Labute approximate surface area is 239 Å². The summed E-state index contributed by atoms with van der Waals surface area (Å²) in [6, 6.07) is 47.6. The molecule has 0 saturated heterocycles. The van der Waals surface area contributed by atoms with Crippen LogP contribution in [-0.4, -0.2) is 4.98 Å². The first-order valence-electron chi connectivity index (χ1n) is 14.1. The van der Waals surface area contributed by atoms with Crippen molar-refractivity contribution in [2.24, 2.45) is 0 Å². The highest BCUT2D eigenvalue weighted by molar-refractivity contribution is 6.04. The van der Waals surface area contributed by atoms with Gasteiger partial charge in [-0.25, -0.2) is 0 Å². The Morgan fingerprint density at radius 3 is 2.22 bits per heavy atom. The van der Waals surface area contributed by atoms with Crippen LogP contribution in [0.2, 0.25) is 0 Å². The van der Waals surface area contributed by atoms with Gasteiger partial charge in [-0.05, 0) is 69.1 Å². The normalized spacial score (nSPS) is 13.3. The molecule has 1 aliphatic carbocycles. The monoisotopic (exact) mass is 528 g/mol. The van der Waals surface area contributed by atoms with Gasteiger partial charge in [-0.15, -0.1) is 0 Å². The third kappa shape index (κ3) is 3.70. The molecule has 1 aromatic heterocycles. The van der Waals surface area contributed by atoms with E-state index in [0.29, 0.717) is 6.01 Å². The van der Waals surface area contributed by atoms with Crippen LogP contribution < -0.4 is 4.90 Å². The van der Waals surface area contributed by atoms with Crippen LogP contribution in [0.15, 0.2) is 138 Å². The topological polar surface area (TPSA) is 29.3 Å². The molecule has 1 heterocycles. The van der Waals surface area contributed by atoms with E-state index in [4.69, 9.17) is 9.40 Å². The number of benzene rings is 6. The Morgan fingerprint density at radius 2 is 1.32 bits per heavy atom. The summed E-state index contributed by atoms with van der Waals surface area (Å²) in [7, 11) is 0. The van der Waals surface area contributed by atoms with Crippen LogP contribution in [-0.2, 0) is 5.41 Å². The number of rotatable bonds is 4. The standard InChI is InChI=1S/C38H28N2O/c1-38(2)33-18-9-8-17-31(33)32-21-20-29(24-34(32)38)40(28-15-10-14-27(23-28)25-11-4-3-5-12-25)37-39-36-30-16-7-6-13-26(30)19-22-35(36)41-37/h3-24H,1-2H3. The first-order chi connectivity index (χ1) is 20.1. The maximum atomic E-state index is 6.54. The molecule has 0 spiro atoms. The van der Waals surface area contributed by atoms with E-state index in [1.807, 2.05) is 12.1 Å². The molecule has 8 rings (SSSR count). The Morgan fingerprint density at radius 1 is 0.585 bits per heavy atom. The molecular weight excluding hydrogens is 500 g/mol. The van der Waals surface area contributed by atoms with Crippen LogP contribution in [0.25, 0.3) is 44.1 Å². The molecule has 0 atom stereocenters. The van der Waals surface area contributed by atoms with Gasteiger partial charge in [-0.3, -0.25) is 4.90 Å². The van der Waals surface area contributed by atoms with Crippen LogP contribution in [0.5, 0.6) is 0 Å². The molecule has 196 valence electrons. The van der Waals surface area contributed by atoms with Gasteiger partial charge in [-0.1, -0.05) is 117 Å². The number of nitrogens with zero attached hydrogens (tertiary/aromatic N) is 2.